The molecule has 1 aromatic rings. The van der Waals surface area contributed by atoms with Crippen molar-refractivity contribution in [1.29, 1.82) is 0 Å². The molecule has 1 aliphatic rings. The van der Waals surface area contributed by atoms with Gasteiger partial charge in [0.1, 0.15) is 18.1 Å². The monoisotopic (exact) mass is 464 g/mol. The first-order valence-electron chi connectivity index (χ1n) is 10.2. The molecule has 32 heavy (non-hydrogen) atoms. The molecule has 1 aliphatic heterocycles. The van der Waals surface area contributed by atoms with Gasteiger partial charge >= 0.3 is 5.97 Å². The number of carboxylic acid groups (broad SMARTS) is 1. The molecule has 0 spiro atoms. The highest BCUT2D eigenvalue weighted by Gasteiger charge is 2.33. The minimum atomic E-state index is -1.39. The van der Waals surface area contributed by atoms with Gasteiger partial charge in [0.05, 0.1) is 6.42 Å². The van der Waals surface area contributed by atoms with Crippen LogP contribution in [0.5, 0.6) is 0 Å². The Labute approximate surface area is 190 Å². The van der Waals surface area contributed by atoms with E-state index in [4.69, 9.17) is 5.73 Å². The Morgan fingerprint density at radius 1 is 1.16 bits per heavy atom. The molecular weight excluding hydrogens is 436 g/mol. The number of carbonyl (C=O) groups excluding carboxylic acids is 4. The van der Waals surface area contributed by atoms with Crippen molar-refractivity contribution in [2.24, 2.45) is 11.7 Å². The number of thioether (sulfide) groups is 1. The van der Waals surface area contributed by atoms with Crippen LogP contribution in [-0.2, 0) is 24.9 Å². The summed E-state index contributed by atoms with van der Waals surface area (Å²) in [6, 6.07) is 3.27. The third-order valence-corrected chi connectivity index (χ3v) is 6.34. The lowest BCUT2D eigenvalue weighted by molar-refractivity contribution is -0.140. The quantitative estimate of drug-likeness (QED) is 0.409. The smallest absolute Gasteiger partial charge is 0.305 e. The average molecular weight is 465 g/mol. The minimum Gasteiger partial charge on any atom is -0.481 e. The number of amides is 4. The van der Waals surface area contributed by atoms with Gasteiger partial charge in [0.2, 0.25) is 17.7 Å². The molecule has 0 unspecified atom stereocenters. The number of hydrogen-bond acceptors (Lipinski definition) is 6. The van der Waals surface area contributed by atoms with Gasteiger partial charge in [-0.25, -0.2) is 0 Å². The topological polar surface area (TPSA) is 168 Å². The van der Waals surface area contributed by atoms with Gasteiger partial charge in [-0.05, 0) is 17.5 Å². The molecule has 0 radical (unpaired) electrons. The van der Waals surface area contributed by atoms with E-state index in [1.54, 1.807) is 31.2 Å². The summed E-state index contributed by atoms with van der Waals surface area (Å²) in [7, 11) is 0. The fourth-order valence-corrected chi connectivity index (χ4v) is 4.26. The number of nitrogens with one attached hydrogen (secondary N) is 3. The summed E-state index contributed by atoms with van der Waals surface area (Å²) in [5.41, 5.74) is 6.38. The van der Waals surface area contributed by atoms with Gasteiger partial charge < -0.3 is 26.8 Å². The first-order chi connectivity index (χ1) is 15.1. The van der Waals surface area contributed by atoms with Gasteiger partial charge in [0.25, 0.3) is 5.91 Å². The number of benzene rings is 1. The summed E-state index contributed by atoms with van der Waals surface area (Å²) < 4.78 is 0. The highest BCUT2D eigenvalue weighted by molar-refractivity contribution is 7.98. The number of fused-ring (bicyclic) bond motifs is 1. The molecule has 4 amide bonds. The van der Waals surface area contributed by atoms with Crippen LogP contribution in [0.1, 0.15) is 42.6 Å². The fraction of sp³-hybridized carbons (Fsp3) is 0.476. The highest BCUT2D eigenvalue weighted by atomic mass is 32.2. The lowest BCUT2D eigenvalue weighted by atomic mass is 9.97. The molecule has 11 heteroatoms. The summed E-state index contributed by atoms with van der Waals surface area (Å²) in [5.74, 6) is -3.81. The first-order valence-corrected chi connectivity index (χ1v) is 11.4. The second-order valence-corrected chi connectivity index (χ2v) is 8.66. The Hall–Kier alpha value is -3.08. The molecule has 1 aromatic carbocycles. The number of carbonyl (C=O) groups is 5. The van der Waals surface area contributed by atoms with Gasteiger partial charge in [0, 0.05) is 17.1 Å². The lowest BCUT2D eigenvalue weighted by Crippen LogP contribution is -2.59. The lowest BCUT2D eigenvalue weighted by Gasteiger charge is -2.28. The Bertz CT molecular complexity index is 893. The van der Waals surface area contributed by atoms with Crippen LogP contribution in [0, 0.1) is 5.92 Å². The van der Waals surface area contributed by atoms with Crippen LogP contribution in [0.2, 0.25) is 0 Å². The number of hydrogen-bond donors (Lipinski definition) is 5. The zero-order valence-corrected chi connectivity index (χ0v) is 18.7. The van der Waals surface area contributed by atoms with E-state index < -0.39 is 54.1 Å². The van der Waals surface area contributed by atoms with Crippen molar-refractivity contribution in [1.82, 2.24) is 16.0 Å². The highest BCUT2D eigenvalue weighted by Crippen LogP contribution is 2.19. The Kier molecular flexibility index (Phi) is 9.06. The maximum Gasteiger partial charge on any atom is 0.305 e. The molecule has 0 bridgehead atoms. The SMILES string of the molecule is CC[C@H](C)[C@@H]1NC(=O)[C@H](CC(=O)O)NC(=O)c2ccccc2CSC[C@@H](C(N)=O)NC1=O. The molecule has 10 nitrogen and oxygen atoms in total. The summed E-state index contributed by atoms with van der Waals surface area (Å²) in [6.07, 6.45) is -0.134. The van der Waals surface area contributed by atoms with E-state index in [-0.39, 0.29) is 11.7 Å². The molecule has 6 N–H and O–H groups in total. The summed E-state index contributed by atoms with van der Waals surface area (Å²) >= 11 is 1.31. The Morgan fingerprint density at radius 3 is 2.47 bits per heavy atom. The number of carboxylic acids is 1. The molecule has 1 heterocycles. The molecule has 2 rings (SSSR count). The van der Waals surface area contributed by atoms with Crippen molar-refractivity contribution in [2.45, 2.75) is 50.6 Å². The van der Waals surface area contributed by atoms with E-state index in [0.717, 1.165) is 0 Å². The molecule has 174 valence electrons. The molecular formula is C21H28N4O6S. The fourth-order valence-electron chi connectivity index (χ4n) is 3.19. The van der Waals surface area contributed by atoms with Crippen LogP contribution in [0.15, 0.2) is 24.3 Å². The standard InChI is InChI=1S/C21H28N4O6S/c1-3-11(2)17-21(31)24-15(18(22)28)10-32-9-12-6-4-5-7-13(12)19(29)23-14(8-16(26)27)20(30)25-17/h4-7,11,14-15,17H,3,8-10H2,1-2H3,(H2,22,28)(H,23,29)(H,24,31)(H,25,30)(H,26,27)/t11-,14-,15-,17-/m0/s1. The maximum atomic E-state index is 12.9. The van der Waals surface area contributed by atoms with Crippen LogP contribution in [0.25, 0.3) is 0 Å². The average Bonchev–Trinajstić information content (AvgIpc) is 2.74. The second kappa shape index (κ2) is 11.5. The van der Waals surface area contributed by atoms with E-state index in [1.807, 2.05) is 6.92 Å². The largest absolute Gasteiger partial charge is 0.481 e. The predicted octanol–water partition coefficient (Wildman–Crippen LogP) is 0.00750. The molecule has 0 saturated heterocycles. The number of nitrogens with two attached hydrogens (primary N) is 1. The van der Waals surface area contributed by atoms with Gasteiger partial charge in [-0.15, -0.1) is 0 Å². The van der Waals surface area contributed by atoms with Crippen molar-refractivity contribution in [3.63, 3.8) is 0 Å². The van der Waals surface area contributed by atoms with E-state index >= 15 is 0 Å². The molecule has 4 atom stereocenters. The molecule has 0 fully saturated rings. The van der Waals surface area contributed by atoms with Gasteiger partial charge in [-0.2, -0.15) is 11.8 Å². The first kappa shape index (κ1) is 25.2. The van der Waals surface area contributed by atoms with Crippen molar-refractivity contribution >= 4 is 41.4 Å². The third kappa shape index (κ3) is 6.71. The number of primary amides is 1. The van der Waals surface area contributed by atoms with Gasteiger partial charge in [-0.1, -0.05) is 38.5 Å². The van der Waals surface area contributed by atoms with Gasteiger partial charge in [0.15, 0.2) is 0 Å². The van der Waals surface area contributed by atoms with E-state index in [1.165, 1.54) is 11.8 Å². The van der Waals surface area contributed by atoms with E-state index in [9.17, 15) is 29.1 Å². The summed E-state index contributed by atoms with van der Waals surface area (Å²) in [5, 5.41) is 16.9. The van der Waals surface area contributed by atoms with Crippen molar-refractivity contribution in [3.05, 3.63) is 35.4 Å². The molecule has 0 aromatic heterocycles. The van der Waals surface area contributed by atoms with E-state index in [0.29, 0.717) is 23.3 Å². The van der Waals surface area contributed by atoms with Crippen LogP contribution < -0.4 is 21.7 Å². The van der Waals surface area contributed by atoms with Crippen molar-refractivity contribution in [2.75, 3.05) is 5.75 Å². The zero-order chi connectivity index (χ0) is 23.8. The van der Waals surface area contributed by atoms with Crippen LogP contribution in [-0.4, -0.2) is 58.6 Å². The van der Waals surface area contributed by atoms with Crippen molar-refractivity contribution in [3.8, 4) is 0 Å². The zero-order valence-electron chi connectivity index (χ0n) is 17.9. The van der Waals surface area contributed by atoms with Crippen molar-refractivity contribution < 1.29 is 29.1 Å². The predicted molar refractivity (Wildman–Crippen MR) is 119 cm³/mol. The minimum absolute atomic E-state index is 0.180. The van der Waals surface area contributed by atoms with Gasteiger partial charge in [-0.3, -0.25) is 24.0 Å². The van der Waals surface area contributed by atoms with Crippen LogP contribution in [0.4, 0.5) is 0 Å². The van der Waals surface area contributed by atoms with Crippen LogP contribution >= 0.6 is 11.8 Å². The number of aliphatic carboxylic acids is 1. The normalized spacial score (nSPS) is 23.6. The number of rotatable bonds is 5. The summed E-state index contributed by atoms with van der Waals surface area (Å²) in [6.45, 7) is 3.56. The Morgan fingerprint density at radius 2 is 1.84 bits per heavy atom. The third-order valence-electron chi connectivity index (χ3n) is 5.26. The maximum absolute atomic E-state index is 12.9. The second-order valence-electron chi connectivity index (χ2n) is 7.63. The molecule has 0 saturated carbocycles. The van der Waals surface area contributed by atoms with Crippen LogP contribution in [0.3, 0.4) is 0 Å². The van der Waals surface area contributed by atoms with E-state index in [2.05, 4.69) is 16.0 Å². The Balaban J connectivity index is 2.46. The summed E-state index contributed by atoms with van der Waals surface area (Å²) in [4.78, 5) is 61.9. The molecule has 0 aliphatic carbocycles.